The number of carbonyl (C=O) groups excluding carboxylic acids is 1. The van der Waals surface area contributed by atoms with Gasteiger partial charge < -0.3 is 14.2 Å². The van der Waals surface area contributed by atoms with Crippen LogP contribution in [-0.4, -0.2) is 68.8 Å². The Bertz CT molecular complexity index is 788. The Morgan fingerprint density at radius 3 is 2.88 bits per heavy atom. The van der Waals surface area contributed by atoms with Crippen LogP contribution in [0.3, 0.4) is 0 Å². The standard InChI is InChI=1S/C17H24N2O6S/c1-12-9-19(10-17(25-12)5-4-6-24-11-17)26(21,22)14-7-15(16(20)23-3)13(2)18-8-14/h7-8,12H,4-6,9-11H2,1-3H3. The van der Waals surface area contributed by atoms with Gasteiger partial charge in [-0.05, 0) is 32.8 Å². The second-order valence-electron chi connectivity index (χ2n) is 6.86. The number of esters is 1. The zero-order valence-electron chi connectivity index (χ0n) is 15.2. The Morgan fingerprint density at radius 1 is 1.46 bits per heavy atom. The molecule has 1 spiro atoms. The molecular weight excluding hydrogens is 360 g/mol. The van der Waals surface area contributed by atoms with E-state index in [0.717, 1.165) is 12.8 Å². The summed E-state index contributed by atoms with van der Waals surface area (Å²) >= 11 is 0. The number of hydrogen-bond donors (Lipinski definition) is 0. The van der Waals surface area contributed by atoms with Crippen LogP contribution >= 0.6 is 0 Å². The number of methoxy groups -OCH3 is 1. The molecule has 2 unspecified atom stereocenters. The van der Waals surface area contributed by atoms with Crippen molar-refractivity contribution < 1.29 is 27.4 Å². The number of sulfonamides is 1. The van der Waals surface area contributed by atoms with E-state index < -0.39 is 21.6 Å². The number of aryl methyl sites for hydroxylation is 1. The van der Waals surface area contributed by atoms with E-state index in [-0.39, 0.29) is 29.7 Å². The summed E-state index contributed by atoms with van der Waals surface area (Å²) in [5.74, 6) is -0.612. The van der Waals surface area contributed by atoms with Gasteiger partial charge in [0.15, 0.2) is 0 Å². The molecule has 2 saturated heterocycles. The Labute approximate surface area is 153 Å². The highest BCUT2D eigenvalue weighted by atomic mass is 32.2. The highest BCUT2D eigenvalue weighted by Gasteiger charge is 2.45. The fraction of sp³-hybridized carbons (Fsp3) is 0.647. The molecular formula is C17H24N2O6S. The topological polar surface area (TPSA) is 95.0 Å². The molecule has 3 rings (SSSR count). The summed E-state index contributed by atoms with van der Waals surface area (Å²) in [6.45, 7) is 4.99. The van der Waals surface area contributed by atoms with Gasteiger partial charge in [-0.3, -0.25) is 4.98 Å². The number of carbonyl (C=O) groups is 1. The first-order valence-electron chi connectivity index (χ1n) is 8.58. The average molecular weight is 384 g/mol. The summed E-state index contributed by atoms with van der Waals surface area (Å²) in [5, 5.41) is 0. The molecule has 0 bridgehead atoms. The maximum Gasteiger partial charge on any atom is 0.339 e. The van der Waals surface area contributed by atoms with Gasteiger partial charge in [-0.2, -0.15) is 4.31 Å². The lowest BCUT2D eigenvalue weighted by molar-refractivity contribution is -0.183. The molecule has 144 valence electrons. The van der Waals surface area contributed by atoms with Crippen LogP contribution in [0.25, 0.3) is 0 Å². The van der Waals surface area contributed by atoms with Crippen molar-refractivity contribution in [1.29, 1.82) is 0 Å². The van der Waals surface area contributed by atoms with Gasteiger partial charge in [0.2, 0.25) is 10.0 Å². The van der Waals surface area contributed by atoms with E-state index in [9.17, 15) is 13.2 Å². The first kappa shape index (κ1) is 19.2. The SMILES string of the molecule is COC(=O)c1cc(S(=O)(=O)N2CC(C)OC3(CCCOC3)C2)cnc1C. The zero-order valence-corrected chi connectivity index (χ0v) is 16.0. The monoisotopic (exact) mass is 384 g/mol. The predicted molar refractivity (Wildman–Crippen MR) is 92.4 cm³/mol. The number of morpholine rings is 1. The Morgan fingerprint density at radius 2 is 2.23 bits per heavy atom. The van der Waals surface area contributed by atoms with Gasteiger partial charge in [-0.15, -0.1) is 0 Å². The van der Waals surface area contributed by atoms with Crippen molar-refractivity contribution in [1.82, 2.24) is 9.29 Å². The summed E-state index contributed by atoms with van der Waals surface area (Å²) in [5.41, 5.74) is -0.0550. The first-order valence-corrected chi connectivity index (χ1v) is 10.0. The molecule has 2 aliphatic heterocycles. The van der Waals surface area contributed by atoms with Gasteiger partial charge in [-0.25, -0.2) is 13.2 Å². The minimum atomic E-state index is -3.82. The first-order chi connectivity index (χ1) is 12.3. The molecule has 2 atom stereocenters. The van der Waals surface area contributed by atoms with Gasteiger partial charge in [0.25, 0.3) is 0 Å². The molecule has 26 heavy (non-hydrogen) atoms. The summed E-state index contributed by atoms with van der Waals surface area (Å²) in [4.78, 5) is 15.9. The molecule has 1 aromatic rings. The summed E-state index contributed by atoms with van der Waals surface area (Å²) < 4.78 is 44.1. The number of rotatable bonds is 3. The Kier molecular flexibility index (Phi) is 5.34. The molecule has 0 aromatic carbocycles. The van der Waals surface area contributed by atoms with Crippen LogP contribution in [0, 0.1) is 6.92 Å². The lowest BCUT2D eigenvalue weighted by atomic mass is 9.94. The summed E-state index contributed by atoms with van der Waals surface area (Å²) in [7, 11) is -2.57. The zero-order chi connectivity index (χ0) is 18.9. The largest absolute Gasteiger partial charge is 0.465 e. The molecule has 9 heteroatoms. The lowest BCUT2D eigenvalue weighted by Crippen LogP contribution is -2.59. The fourth-order valence-electron chi connectivity index (χ4n) is 3.52. The second-order valence-corrected chi connectivity index (χ2v) is 8.80. The number of pyridine rings is 1. The predicted octanol–water partition coefficient (Wildman–Crippen LogP) is 1.14. The number of nitrogens with zero attached hydrogens (tertiary/aromatic N) is 2. The molecule has 0 saturated carbocycles. The maximum absolute atomic E-state index is 13.2. The Hall–Kier alpha value is -1.55. The summed E-state index contributed by atoms with van der Waals surface area (Å²) in [6, 6.07) is 1.33. The van der Waals surface area contributed by atoms with Crippen molar-refractivity contribution in [2.45, 2.75) is 43.3 Å². The van der Waals surface area contributed by atoms with Crippen molar-refractivity contribution in [3.63, 3.8) is 0 Å². The number of hydrogen-bond acceptors (Lipinski definition) is 7. The van der Waals surface area contributed by atoms with Crippen LogP contribution in [-0.2, 0) is 24.2 Å². The Balaban J connectivity index is 1.93. The average Bonchev–Trinajstić information content (AvgIpc) is 2.61. The van der Waals surface area contributed by atoms with Crippen LogP contribution in [0.2, 0.25) is 0 Å². The van der Waals surface area contributed by atoms with Crippen LogP contribution in [0.15, 0.2) is 17.2 Å². The van der Waals surface area contributed by atoms with E-state index in [0.29, 0.717) is 18.9 Å². The van der Waals surface area contributed by atoms with Crippen LogP contribution in [0.4, 0.5) is 0 Å². The van der Waals surface area contributed by atoms with Crippen molar-refractivity contribution in [3.8, 4) is 0 Å². The molecule has 0 N–H and O–H groups in total. The fourth-order valence-corrected chi connectivity index (χ4v) is 5.08. The number of aromatic nitrogens is 1. The van der Waals surface area contributed by atoms with E-state index in [1.54, 1.807) is 6.92 Å². The third-order valence-corrected chi connectivity index (χ3v) is 6.54. The molecule has 2 aliphatic rings. The van der Waals surface area contributed by atoms with E-state index in [1.165, 1.54) is 23.7 Å². The van der Waals surface area contributed by atoms with Gasteiger partial charge in [0, 0.05) is 25.9 Å². The minimum absolute atomic E-state index is 0.0236. The maximum atomic E-state index is 13.2. The normalized spacial score (nSPS) is 27.4. The van der Waals surface area contributed by atoms with E-state index in [1.807, 2.05) is 6.92 Å². The van der Waals surface area contributed by atoms with Gasteiger partial charge >= 0.3 is 5.97 Å². The second kappa shape index (κ2) is 7.22. The minimum Gasteiger partial charge on any atom is -0.465 e. The van der Waals surface area contributed by atoms with E-state index in [2.05, 4.69) is 4.98 Å². The molecule has 2 fully saturated rings. The highest BCUT2D eigenvalue weighted by molar-refractivity contribution is 7.89. The van der Waals surface area contributed by atoms with E-state index >= 15 is 0 Å². The van der Waals surface area contributed by atoms with Crippen molar-refractivity contribution in [2.75, 3.05) is 33.4 Å². The molecule has 0 radical (unpaired) electrons. The van der Waals surface area contributed by atoms with Gasteiger partial charge in [0.1, 0.15) is 10.5 Å². The van der Waals surface area contributed by atoms with Crippen LogP contribution in [0.1, 0.15) is 35.8 Å². The smallest absolute Gasteiger partial charge is 0.339 e. The van der Waals surface area contributed by atoms with Gasteiger partial charge in [0.05, 0.1) is 31.1 Å². The third-order valence-electron chi connectivity index (χ3n) is 4.77. The van der Waals surface area contributed by atoms with Crippen molar-refractivity contribution >= 4 is 16.0 Å². The van der Waals surface area contributed by atoms with Crippen molar-refractivity contribution in [2.24, 2.45) is 0 Å². The molecule has 3 heterocycles. The number of ether oxygens (including phenoxy) is 3. The third kappa shape index (κ3) is 3.62. The van der Waals surface area contributed by atoms with Crippen LogP contribution in [0.5, 0.6) is 0 Å². The van der Waals surface area contributed by atoms with E-state index in [4.69, 9.17) is 14.2 Å². The molecule has 1 aromatic heterocycles. The summed E-state index contributed by atoms with van der Waals surface area (Å²) in [6.07, 6.45) is 2.61. The van der Waals surface area contributed by atoms with Crippen molar-refractivity contribution in [3.05, 3.63) is 23.5 Å². The lowest BCUT2D eigenvalue weighted by Gasteiger charge is -2.46. The molecule has 8 nitrogen and oxygen atoms in total. The quantitative estimate of drug-likeness (QED) is 0.721. The molecule has 0 aliphatic carbocycles. The highest BCUT2D eigenvalue weighted by Crippen LogP contribution is 2.32. The van der Waals surface area contributed by atoms with Crippen LogP contribution < -0.4 is 0 Å². The van der Waals surface area contributed by atoms with Gasteiger partial charge in [-0.1, -0.05) is 0 Å². The molecule has 0 amide bonds.